The molecule has 1 aromatic heterocycles. The molecule has 0 spiro atoms. The Morgan fingerprint density at radius 2 is 1.56 bits per heavy atom. The number of benzene rings is 3. The topological polar surface area (TPSA) is 49.4 Å². The number of hydrogen-bond acceptors (Lipinski definition) is 3. The van der Waals surface area contributed by atoms with E-state index in [9.17, 15) is 9.59 Å². The third-order valence-electron chi connectivity index (χ3n) is 5.60. The summed E-state index contributed by atoms with van der Waals surface area (Å²) >= 11 is 1.43. The zero-order valence-electron chi connectivity index (χ0n) is 19.5. The Bertz CT molecular complexity index is 1260. The Morgan fingerprint density at radius 3 is 2.29 bits per heavy atom. The lowest BCUT2D eigenvalue weighted by Crippen LogP contribution is -2.30. The molecular weight excluding hydrogens is 440 g/mol. The van der Waals surface area contributed by atoms with Gasteiger partial charge in [0.05, 0.1) is 17.8 Å². The minimum Gasteiger partial charge on any atom is -0.352 e. The molecule has 0 atom stereocenters. The van der Waals surface area contributed by atoms with E-state index in [1.165, 1.54) is 22.5 Å². The molecule has 2 amide bonds. The molecule has 4 nitrogen and oxygen atoms in total. The molecular formula is C29H28N2O2S. The van der Waals surface area contributed by atoms with E-state index in [0.29, 0.717) is 18.0 Å². The summed E-state index contributed by atoms with van der Waals surface area (Å²) in [7, 11) is 0. The second-order valence-electron chi connectivity index (χ2n) is 8.47. The van der Waals surface area contributed by atoms with Crippen LogP contribution in [-0.4, -0.2) is 11.8 Å². The van der Waals surface area contributed by atoms with Crippen LogP contribution in [0, 0.1) is 13.8 Å². The summed E-state index contributed by atoms with van der Waals surface area (Å²) in [5, 5.41) is 4.90. The van der Waals surface area contributed by atoms with Gasteiger partial charge in [-0.2, -0.15) is 0 Å². The van der Waals surface area contributed by atoms with Crippen molar-refractivity contribution in [3.8, 4) is 0 Å². The lowest BCUT2D eigenvalue weighted by Gasteiger charge is -2.23. The van der Waals surface area contributed by atoms with Crippen molar-refractivity contribution in [2.75, 3.05) is 4.90 Å². The zero-order valence-corrected chi connectivity index (χ0v) is 20.3. The highest BCUT2D eigenvalue weighted by atomic mass is 32.1. The fraction of sp³-hybridized carbons (Fsp3) is 0.172. The first-order chi connectivity index (χ1) is 16.5. The van der Waals surface area contributed by atoms with Crippen molar-refractivity contribution >= 4 is 28.8 Å². The van der Waals surface area contributed by atoms with E-state index < -0.39 is 0 Å². The van der Waals surface area contributed by atoms with Gasteiger partial charge in [0.2, 0.25) is 5.91 Å². The predicted octanol–water partition coefficient (Wildman–Crippen LogP) is 6.07. The number of carbonyl (C=O) groups is 2. The summed E-state index contributed by atoms with van der Waals surface area (Å²) in [6.07, 6.45) is 0.255. The SMILES string of the molecule is Cc1ccc(CN(C(=O)c2cccs2)c2cccc(CC(=O)NCc3cccc(C)c3)c2)cc1. The molecule has 0 unspecified atom stereocenters. The van der Waals surface area contributed by atoms with Gasteiger partial charge in [-0.25, -0.2) is 0 Å². The van der Waals surface area contributed by atoms with Crippen LogP contribution in [0.2, 0.25) is 0 Å². The lowest BCUT2D eigenvalue weighted by molar-refractivity contribution is -0.120. The third-order valence-corrected chi connectivity index (χ3v) is 6.46. The number of aryl methyl sites for hydroxylation is 2. The largest absolute Gasteiger partial charge is 0.352 e. The molecule has 4 aromatic rings. The minimum absolute atomic E-state index is 0.0448. The number of anilines is 1. The van der Waals surface area contributed by atoms with Crippen LogP contribution in [0.3, 0.4) is 0 Å². The Kier molecular flexibility index (Phi) is 7.55. The van der Waals surface area contributed by atoms with E-state index in [-0.39, 0.29) is 18.2 Å². The van der Waals surface area contributed by atoms with E-state index >= 15 is 0 Å². The summed E-state index contributed by atoms with van der Waals surface area (Å²) in [5.41, 5.74) is 6.13. The summed E-state index contributed by atoms with van der Waals surface area (Å²) in [6.45, 7) is 5.04. The van der Waals surface area contributed by atoms with Crippen molar-refractivity contribution in [2.45, 2.75) is 33.4 Å². The van der Waals surface area contributed by atoms with Gasteiger partial charge < -0.3 is 10.2 Å². The van der Waals surface area contributed by atoms with Crippen molar-refractivity contribution in [3.05, 3.63) is 123 Å². The number of thiophene rings is 1. The van der Waals surface area contributed by atoms with Gasteiger partial charge in [0.25, 0.3) is 5.91 Å². The summed E-state index contributed by atoms with van der Waals surface area (Å²) in [4.78, 5) is 28.4. The molecule has 1 heterocycles. The number of rotatable bonds is 8. The third kappa shape index (κ3) is 6.21. The highest BCUT2D eigenvalue weighted by Crippen LogP contribution is 2.24. The van der Waals surface area contributed by atoms with Crippen molar-refractivity contribution in [1.29, 1.82) is 0 Å². The molecule has 0 radical (unpaired) electrons. The predicted molar refractivity (Wildman–Crippen MR) is 139 cm³/mol. The maximum Gasteiger partial charge on any atom is 0.268 e. The van der Waals surface area contributed by atoms with Crippen molar-refractivity contribution in [1.82, 2.24) is 5.32 Å². The molecule has 3 aromatic carbocycles. The van der Waals surface area contributed by atoms with E-state index in [1.54, 1.807) is 4.90 Å². The van der Waals surface area contributed by atoms with Crippen molar-refractivity contribution in [3.63, 3.8) is 0 Å². The minimum atomic E-state index is -0.0478. The number of amides is 2. The summed E-state index contributed by atoms with van der Waals surface area (Å²) in [6, 6.07) is 27.7. The van der Waals surface area contributed by atoms with Crippen LogP contribution < -0.4 is 10.2 Å². The summed E-state index contributed by atoms with van der Waals surface area (Å²) in [5.74, 6) is -0.0926. The molecule has 1 N–H and O–H groups in total. The normalized spacial score (nSPS) is 10.6. The van der Waals surface area contributed by atoms with Gasteiger partial charge in [-0.15, -0.1) is 11.3 Å². The summed E-state index contributed by atoms with van der Waals surface area (Å²) < 4.78 is 0. The molecule has 5 heteroatoms. The van der Waals surface area contributed by atoms with Crippen molar-refractivity contribution in [2.24, 2.45) is 0 Å². The smallest absolute Gasteiger partial charge is 0.268 e. The number of nitrogens with zero attached hydrogens (tertiary/aromatic N) is 1. The lowest BCUT2D eigenvalue weighted by atomic mass is 10.1. The second-order valence-corrected chi connectivity index (χ2v) is 9.41. The second kappa shape index (κ2) is 10.9. The van der Waals surface area contributed by atoms with E-state index in [0.717, 1.165) is 22.4 Å². The van der Waals surface area contributed by atoms with Crippen LogP contribution in [0.4, 0.5) is 5.69 Å². The first-order valence-electron chi connectivity index (χ1n) is 11.3. The van der Waals surface area contributed by atoms with Gasteiger partial charge in [0.1, 0.15) is 0 Å². The average Bonchev–Trinajstić information content (AvgIpc) is 3.37. The average molecular weight is 469 g/mol. The van der Waals surface area contributed by atoms with E-state index in [4.69, 9.17) is 0 Å². The Balaban J connectivity index is 1.50. The fourth-order valence-electron chi connectivity index (χ4n) is 3.79. The van der Waals surface area contributed by atoms with Crippen molar-refractivity contribution < 1.29 is 9.59 Å². The standard InChI is InChI=1S/C29H28N2O2S/c1-21-11-13-23(14-12-21)20-31(29(33)27-10-5-15-34-27)26-9-4-7-24(17-26)18-28(32)30-19-25-8-3-6-22(2)16-25/h3-17H,18-20H2,1-2H3,(H,30,32). The number of hydrogen-bond donors (Lipinski definition) is 1. The molecule has 0 aliphatic heterocycles. The Morgan fingerprint density at radius 1 is 0.794 bits per heavy atom. The van der Waals surface area contributed by atoms with Gasteiger partial charge in [0.15, 0.2) is 0 Å². The van der Waals surface area contributed by atoms with Gasteiger partial charge in [-0.1, -0.05) is 77.9 Å². The van der Waals surface area contributed by atoms with Crippen LogP contribution in [0.1, 0.15) is 37.5 Å². The van der Waals surface area contributed by atoms with Crippen LogP contribution in [0.15, 0.2) is 90.3 Å². The Labute approximate surface area is 204 Å². The quantitative estimate of drug-likeness (QED) is 0.341. The highest BCUT2D eigenvalue weighted by molar-refractivity contribution is 7.12. The van der Waals surface area contributed by atoms with Gasteiger partial charge in [0, 0.05) is 12.2 Å². The molecule has 0 fully saturated rings. The van der Waals surface area contributed by atoms with Crippen LogP contribution in [0.5, 0.6) is 0 Å². The van der Waals surface area contributed by atoms with Crippen LogP contribution in [0.25, 0.3) is 0 Å². The first kappa shape index (κ1) is 23.5. The monoisotopic (exact) mass is 468 g/mol. The zero-order chi connectivity index (χ0) is 23.9. The number of nitrogens with one attached hydrogen (secondary N) is 1. The molecule has 0 aliphatic carbocycles. The van der Waals surface area contributed by atoms with E-state index in [2.05, 4.69) is 23.5 Å². The Hall–Kier alpha value is -3.70. The fourth-order valence-corrected chi connectivity index (χ4v) is 4.47. The highest BCUT2D eigenvalue weighted by Gasteiger charge is 2.20. The molecule has 0 bridgehead atoms. The van der Waals surface area contributed by atoms with Crippen LogP contribution in [-0.2, 0) is 24.3 Å². The van der Waals surface area contributed by atoms with Gasteiger partial charge in [-0.05, 0) is 54.1 Å². The molecule has 0 aliphatic rings. The molecule has 0 saturated heterocycles. The maximum atomic E-state index is 13.4. The molecule has 34 heavy (non-hydrogen) atoms. The number of carbonyl (C=O) groups excluding carboxylic acids is 2. The van der Waals surface area contributed by atoms with Gasteiger partial charge >= 0.3 is 0 Å². The molecule has 0 saturated carbocycles. The van der Waals surface area contributed by atoms with Crippen LogP contribution >= 0.6 is 11.3 Å². The van der Waals surface area contributed by atoms with E-state index in [1.807, 2.05) is 86.0 Å². The molecule has 4 rings (SSSR count). The maximum absolute atomic E-state index is 13.4. The first-order valence-corrected chi connectivity index (χ1v) is 12.2. The van der Waals surface area contributed by atoms with Gasteiger partial charge in [-0.3, -0.25) is 9.59 Å². The molecule has 172 valence electrons.